The number of alkyl halides is 3. The molecule has 0 saturated heterocycles. The summed E-state index contributed by atoms with van der Waals surface area (Å²) in [4.78, 5) is 0. The van der Waals surface area contributed by atoms with E-state index in [0.717, 1.165) is 27.5 Å². The number of benzene rings is 1. The van der Waals surface area contributed by atoms with E-state index in [2.05, 4.69) is 47.8 Å². The highest BCUT2D eigenvalue weighted by molar-refractivity contribution is 9.09. The molecule has 0 aliphatic rings. The third-order valence-electron chi connectivity index (χ3n) is 1.93. The molecular formula is C12H15Br3O3. The van der Waals surface area contributed by atoms with E-state index in [1.807, 2.05) is 18.2 Å². The molecule has 102 valence electrons. The maximum absolute atomic E-state index is 5.63. The van der Waals surface area contributed by atoms with Gasteiger partial charge >= 0.3 is 0 Å². The lowest BCUT2D eigenvalue weighted by atomic mass is 10.3. The second-order valence-corrected chi connectivity index (χ2v) is 5.60. The summed E-state index contributed by atoms with van der Waals surface area (Å²) in [6.07, 6.45) is 0. The maximum Gasteiger partial charge on any atom is 0.164 e. The summed E-state index contributed by atoms with van der Waals surface area (Å²) in [5, 5.41) is 2.36. The molecule has 0 heterocycles. The number of rotatable bonds is 9. The van der Waals surface area contributed by atoms with Gasteiger partial charge in [0, 0.05) is 22.1 Å². The minimum Gasteiger partial charge on any atom is -0.493 e. The van der Waals surface area contributed by atoms with Gasteiger partial charge in [-0.2, -0.15) is 0 Å². The molecule has 0 bridgehead atoms. The zero-order valence-electron chi connectivity index (χ0n) is 9.83. The van der Waals surface area contributed by atoms with Crippen LogP contribution >= 0.6 is 47.8 Å². The van der Waals surface area contributed by atoms with Crippen molar-refractivity contribution >= 4 is 47.8 Å². The van der Waals surface area contributed by atoms with Crippen LogP contribution in [0.4, 0.5) is 0 Å². The van der Waals surface area contributed by atoms with E-state index in [9.17, 15) is 0 Å². The van der Waals surface area contributed by atoms with Crippen LogP contribution in [0.25, 0.3) is 0 Å². The van der Waals surface area contributed by atoms with Crippen LogP contribution in [0, 0.1) is 0 Å². The Bertz CT molecular complexity index is 347. The largest absolute Gasteiger partial charge is 0.493 e. The van der Waals surface area contributed by atoms with E-state index in [1.165, 1.54) is 0 Å². The molecule has 1 rings (SSSR count). The fourth-order valence-corrected chi connectivity index (χ4v) is 1.75. The Labute approximate surface area is 133 Å². The zero-order valence-corrected chi connectivity index (χ0v) is 14.6. The predicted molar refractivity (Wildman–Crippen MR) is 84.3 cm³/mol. The fourth-order valence-electron chi connectivity index (χ4n) is 1.26. The molecule has 0 fully saturated rings. The molecule has 1 aromatic rings. The average Bonchev–Trinajstić information content (AvgIpc) is 2.41. The van der Waals surface area contributed by atoms with E-state index in [4.69, 9.17) is 14.2 Å². The first-order valence-corrected chi connectivity index (χ1v) is 8.88. The second kappa shape index (κ2) is 9.92. The minimum absolute atomic E-state index is 0.590. The number of hydrogen-bond acceptors (Lipinski definition) is 3. The molecule has 18 heavy (non-hydrogen) atoms. The first-order chi connectivity index (χ1) is 8.81. The van der Waals surface area contributed by atoms with Crippen molar-refractivity contribution in [3.63, 3.8) is 0 Å². The Morgan fingerprint density at radius 3 is 1.89 bits per heavy atom. The fraction of sp³-hybridized carbons (Fsp3) is 0.500. The van der Waals surface area contributed by atoms with Crippen molar-refractivity contribution in [3.8, 4) is 17.2 Å². The molecular weight excluding hydrogens is 432 g/mol. The molecule has 0 spiro atoms. The molecule has 0 amide bonds. The number of halogens is 3. The first-order valence-electron chi connectivity index (χ1n) is 5.52. The summed E-state index contributed by atoms with van der Waals surface area (Å²) < 4.78 is 16.7. The third-order valence-corrected chi connectivity index (χ3v) is 2.90. The predicted octanol–water partition coefficient (Wildman–Crippen LogP) is 4.01. The lowest BCUT2D eigenvalue weighted by Gasteiger charge is -2.13. The van der Waals surface area contributed by atoms with Crippen molar-refractivity contribution in [2.75, 3.05) is 35.8 Å². The van der Waals surface area contributed by atoms with Crippen LogP contribution in [-0.4, -0.2) is 35.8 Å². The van der Waals surface area contributed by atoms with E-state index in [-0.39, 0.29) is 0 Å². The van der Waals surface area contributed by atoms with Gasteiger partial charge in [0.2, 0.25) is 0 Å². The number of hydrogen-bond donors (Lipinski definition) is 0. The molecule has 0 N–H and O–H groups in total. The Morgan fingerprint density at radius 2 is 1.28 bits per heavy atom. The van der Waals surface area contributed by atoms with E-state index >= 15 is 0 Å². The molecule has 1 aromatic carbocycles. The standard InChI is InChI=1S/C12H15Br3O3/c13-3-6-16-10-1-2-11(17-7-4-14)12(9-10)18-8-5-15/h1-2,9H,3-8H2. The molecule has 0 aliphatic heterocycles. The molecule has 6 heteroatoms. The summed E-state index contributed by atoms with van der Waals surface area (Å²) in [6, 6.07) is 5.61. The van der Waals surface area contributed by atoms with Gasteiger partial charge in [-0.15, -0.1) is 0 Å². The summed E-state index contributed by atoms with van der Waals surface area (Å²) in [7, 11) is 0. The lowest BCUT2D eigenvalue weighted by molar-refractivity contribution is 0.287. The van der Waals surface area contributed by atoms with E-state index in [1.54, 1.807) is 0 Å². The quantitative estimate of drug-likeness (QED) is 0.536. The van der Waals surface area contributed by atoms with Crippen LogP contribution in [0.5, 0.6) is 17.2 Å². The highest BCUT2D eigenvalue weighted by atomic mass is 79.9. The normalized spacial score (nSPS) is 10.2. The minimum atomic E-state index is 0.590. The van der Waals surface area contributed by atoms with Crippen molar-refractivity contribution in [2.24, 2.45) is 0 Å². The summed E-state index contributed by atoms with van der Waals surface area (Å²) >= 11 is 9.99. The smallest absolute Gasteiger partial charge is 0.164 e. The van der Waals surface area contributed by atoms with Gasteiger partial charge in [-0.3, -0.25) is 0 Å². The topological polar surface area (TPSA) is 27.7 Å². The molecule has 0 unspecified atom stereocenters. The summed E-state index contributed by atoms with van der Waals surface area (Å²) in [6.45, 7) is 1.82. The van der Waals surface area contributed by atoms with Crippen LogP contribution in [0.15, 0.2) is 18.2 Å². The van der Waals surface area contributed by atoms with Crippen molar-refractivity contribution in [2.45, 2.75) is 0 Å². The number of ether oxygens (including phenoxy) is 3. The molecule has 0 aromatic heterocycles. The van der Waals surface area contributed by atoms with Gasteiger partial charge in [0.1, 0.15) is 5.75 Å². The van der Waals surface area contributed by atoms with Crippen LogP contribution in [0.2, 0.25) is 0 Å². The molecule has 0 radical (unpaired) electrons. The van der Waals surface area contributed by atoms with Crippen LogP contribution < -0.4 is 14.2 Å². The Hall–Kier alpha value is 0.0600. The van der Waals surface area contributed by atoms with Crippen LogP contribution in [-0.2, 0) is 0 Å². The van der Waals surface area contributed by atoms with Gasteiger partial charge in [0.05, 0.1) is 19.8 Å². The van der Waals surface area contributed by atoms with E-state index < -0.39 is 0 Å². The Kier molecular flexibility index (Phi) is 8.88. The van der Waals surface area contributed by atoms with Crippen molar-refractivity contribution in [1.29, 1.82) is 0 Å². The Morgan fingerprint density at radius 1 is 0.722 bits per heavy atom. The SMILES string of the molecule is BrCCOc1ccc(OCCBr)c(OCCBr)c1. The molecule has 0 atom stereocenters. The third kappa shape index (κ3) is 5.80. The van der Waals surface area contributed by atoms with Gasteiger partial charge in [-0.1, -0.05) is 47.8 Å². The summed E-state index contributed by atoms with van der Waals surface area (Å²) in [5.41, 5.74) is 0. The Balaban J connectivity index is 2.74. The maximum atomic E-state index is 5.63. The highest BCUT2D eigenvalue weighted by Crippen LogP contribution is 2.31. The van der Waals surface area contributed by atoms with Gasteiger partial charge in [-0.25, -0.2) is 0 Å². The molecule has 0 saturated carbocycles. The van der Waals surface area contributed by atoms with Gasteiger partial charge in [0.15, 0.2) is 11.5 Å². The van der Waals surface area contributed by atoms with Gasteiger partial charge in [-0.05, 0) is 12.1 Å². The van der Waals surface area contributed by atoms with Crippen LogP contribution in [0.1, 0.15) is 0 Å². The van der Waals surface area contributed by atoms with Crippen molar-refractivity contribution in [1.82, 2.24) is 0 Å². The highest BCUT2D eigenvalue weighted by Gasteiger charge is 2.07. The molecule has 3 nitrogen and oxygen atoms in total. The monoisotopic (exact) mass is 444 g/mol. The lowest BCUT2D eigenvalue weighted by Crippen LogP contribution is -2.04. The second-order valence-electron chi connectivity index (χ2n) is 3.22. The van der Waals surface area contributed by atoms with E-state index in [0.29, 0.717) is 25.6 Å². The van der Waals surface area contributed by atoms with Crippen LogP contribution in [0.3, 0.4) is 0 Å². The van der Waals surface area contributed by atoms with Gasteiger partial charge < -0.3 is 14.2 Å². The zero-order chi connectivity index (χ0) is 13.2. The molecule has 0 aliphatic carbocycles. The van der Waals surface area contributed by atoms with Crippen molar-refractivity contribution in [3.05, 3.63) is 18.2 Å². The average molecular weight is 447 g/mol. The van der Waals surface area contributed by atoms with Crippen molar-refractivity contribution < 1.29 is 14.2 Å². The summed E-state index contributed by atoms with van der Waals surface area (Å²) in [5.74, 6) is 2.23. The van der Waals surface area contributed by atoms with Gasteiger partial charge in [0.25, 0.3) is 0 Å². The first kappa shape index (κ1) is 16.1.